The lowest BCUT2D eigenvalue weighted by atomic mass is 9.81. The summed E-state index contributed by atoms with van der Waals surface area (Å²) < 4.78 is 5.85. The highest BCUT2D eigenvalue weighted by Gasteiger charge is 2.35. The predicted octanol–water partition coefficient (Wildman–Crippen LogP) is 4.81. The number of hydrogen-bond donors (Lipinski definition) is 1. The summed E-state index contributed by atoms with van der Waals surface area (Å²) in [6, 6.07) is 9.95. The van der Waals surface area contributed by atoms with Gasteiger partial charge in [-0.15, -0.1) is 0 Å². The fraction of sp³-hybridized carbons (Fsp3) is 0.611. The predicted molar refractivity (Wildman–Crippen MR) is 85.1 cm³/mol. The smallest absolute Gasteiger partial charge is 0.407 e. The molecule has 1 aliphatic rings. The second-order valence-corrected chi connectivity index (χ2v) is 6.08. The van der Waals surface area contributed by atoms with E-state index in [1.54, 1.807) is 0 Å². The summed E-state index contributed by atoms with van der Waals surface area (Å²) in [6.07, 6.45) is 8.67. The van der Waals surface area contributed by atoms with Crippen molar-refractivity contribution in [3.05, 3.63) is 35.9 Å². The summed E-state index contributed by atoms with van der Waals surface area (Å²) in [5, 5.41) is 2.89. The molecule has 2 rings (SSSR count). The molecular weight excluding hydrogens is 262 g/mol. The first-order valence-corrected chi connectivity index (χ1v) is 8.25. The number of ether oxygens (including phenoxy) is 1. The quantitative estimate of drug-likeness (QED) is 0.816. The molecule has 3 nitrogen and oxygen atoms in total. The third-order valence-electron chi connectivity index (χ3n) is 4.34. The molecule has 1 aromatic rings. The molecular formula is C18H27NO2. The van der Waals surface area contributed by atoms with Gasteiger partial charge < -0.3 is 10.1 Å². The number of carbonyl (C=O) groups is 1. The van der Waals surface area contributed by atoms with Crippen molar-refractivity contribution < 1.29 is 9.53 Å². The van der Waals surface area contributed by atoms with Crippen LogP contribution in [-0.4, -0.2) is 11.7 Å². The van der Waals surface area contributed by atoms with Crippen LogP contribution in [-0.2, 0) is 11.3 Å². The Morgan fingerprint density at radius 2 is 1.90 bits per heavy atom. The molecule has 116 valence electrons. The van der Waals surface area contributed by atoms with Gasteiger partial charge in [0.25, 0.3) is 0 Å². The van der Waals surface area contributed by atoms with Crippen molar-refractivity contribution >= 4 is 6.09 Å². The molecule has 0 saturated heterocycles. The number of hydrogen-bond acceptors (Lipinski definition) is 2. The van der Waals surface area contributed by atoms with Crippen LogP contribution in [0.1, 0.15) is 63.9 Å². The molecule has 1 amide bonds. The van der Waals surface area contributed by atoms with E-state index in [-0.39, 0.29) is 11.7 Å². The zero-order chi connectivity index (χ0) is 15.0. The Balaban J connectivity index is 1.85. The summed E-state index contributed by atoms with van der Waals surface area (Å²) in [4.78, 5) is 12.1. The van der Waals surface area contributed by atoms with Gasteiger partial charge in [0, 0.05) is 6.54 Å². The number of benzene rings is 1. The average Bonchev–Trinajstić information content (AvgIpc) is 2.53. The summed E-state index contributed by atoms with van der Waals surface area (Å²) in [6.45, 7) is 2.72. The van der Waals surface area contributed by atoms with E-state index < -0.39 is 0 Å². The van der Waals surface area contributed by atoms with Crippen LogP contribution in [0.5, 0.6) is 0 Å². The molecule has 1 saturated carbocycles. The van der Waals surface area contributed by atoms with E-state index in [0.29, 0.717) is 6.54 Å². The van der Waals surface area contributed by atoms with E-state index in [9.17, 15) is 4.79 Å². The van der Waals surface area contributed by atoms with E-state index >= 15 is 0 Å². The molecule has 0 aromatic heterocycles. The van der Waals surface area contributed by atoms with Crippen LogP contribution in [0.2, 0.25) is 0 Å². The van der Waals surface area contributed by atoms with Gasteiger partial charge in [0.1, 0.15) is 5.60 Å². The maximum absolute atomic E-state index is 12.1. The SMILES string of the molecule is CCCCC1(OC(=O)NCc2ccccc2)CCCCC1. The minimum Gasteiger partial charge on any atom is -0.443 e. The van der Waals surface area contributed by atoms with E-state index in [1.807, 2.05) is 30.3 Å². The molecule has 1 aliphatic carbocycles. The minimum atomic E-state index is -0.267. The molecule has 0 spiro atoms. The zero-order valence-corrected chi connectivity index (χ0v) is 13.1. The second-order valence-electron chi connectivity index (χ2n) is 6.08. The van der Waals surface area contributed by atoms with Crippen molar-refractivity contribution in [2.24, 2.45) is 0 Å². The van der Waals surface area contributed by atoms with Crippen molar-refractivity contribution in [1.29, 1.82) is 0 Å². The molecule has 0 aliphatic heterocycles. The lowest BCUT2D eigenvalue weighted by molar-refractivity contribution is -0.0245. The monoisotopic (exact) mass is 289 g/mol. The molecule has 1 fully saturated rings. The van der Waals surface area contributed by atoms with Crippen LogP contribution in [0.3, 0.4) is 0 Å². The lowest BCUT2D eigenvalue weighted by Crippen LogP contribution is -2.40. The Morgan fingerprint density at radius 1 is 1.19 bits per heavy atom. The molecule has 3 heteroatoms. The highest BCUT2D eigenvalue weighted by atomic mass is 16.6. The van der Waals surface area contributed by atoms with Crippen LogP contribution >= 0.6 is 0 Å². The molecule has 1 aromatic carbocycles. The molecule has 1 N–H and O–H groups in total. The Morgan fingerprint density at radius 3 is 2.57 bits per heavy atom. The lowest BCUT2D eigenvalue weighted by Gasteiger charge is -2.36. The van der Waals surface area contributed by atoms with Crippen LogP contribution in [0, 0.1) is 0 Å². The van der Waals surface area contributed by atoms with Gasteiger partial charge in [-0.3, -0.25) is 0 Å². The van der Waals surface area contributed by atoms with Crippen LogP contribution in [0.15, 0.2) is 30.3 Å². The fourth-order valence-electron chi connectivity index (χ4n) is 3.10. The average molecular weight is 289 g/mol. The maximum Gasteiger partial charge on any atom is 0.407 e. The number of amides is 1. The normalized spacial score (nSPS) is 17.2. The summed E-state index contributed by atoms with van der Waals surface area (Å²) in [5.41, 5.74) is 0.885. The summed E-state index contributed by atoms with van der Waals surface area (Å²) in [7, 11) is 0. The van der Waals surface area contributed by atoms with Gasteiger partial charge in [-0.2, -0.15) is 0 Å². The molecule has 0 radical (unpaired) electrons. The van der Waals surface area contributed by atoms with Gasteiger partial charge in [-0.25, -0.2) is 4.79 Å². The van der Waals surface area contributed by atoms with Gasteiger partial charge in [0.2, 0.25) is 0 Å². The van der Waals surface area contributed by atoms with Gasteiger partial charge >= 0.3 is 6.09 Å². The van der Waals surface area contributed by atoms with Crippen molar-refractivity contribution in [2.75, 3.05) is 0 Å². The van der Waals surface area contributed by atoms with Gasteiger partial charge in [-0.05, 0) is 44.1 Å². The van der Waals surface area contributed by atoms with Crippen molar-refractivity contribution in [1.82, 2.24) is 5.32 Å². The second kappa shape index (κ2) is 8.06. The minimum absolute atomic E-state index is 0.213. The first-order chi connectivity index (χ1) is 10.2. The molecule has 0 atom stereocenters. The number of unbranched alkanes of at least 4 members (excludes halogenated alkanes) is 1. The third-order valence-corrected chi connectivity index (χ3v) is 4.34. The number of nitrogens with one attached hydrogen (secondary N) is 1. The van der Waals surface area contributed by atoms with Crippen molar-refractivity contribution in [2.45, 2.75) is 70.4 Å². The molecule has 21 heavy (non-hydrogen) atoms. The van der Waals surface area contributed by atoms with Gasteiger partial charge in [0.05, 0.1) is 0 Å². The van der Waals surface area contributed by atoms with E-state index in [0.717, 1.165) is 37.7 Å². The topological polar surface area (TPSA) is 38.3 Å². The van der Waals surface area contributed by atoms with Gasteiger partial charge in [-0.1, -0.05) is 50.1 Å². The Bertz CT molecular complexity index is 424. The Hall–Kier alpha value is -1.51. The Labute approximate surface area is 128 Å². The molecule has 0 heterocycles. The summed E-state index contributed by atoms with van der Waals surface area (Å²) in [5.74, 6) is 0. The number of rotatable bonds is 6. The van der Waals surface area contributed by atoms with Crippen molar-refractivity contribution in [3.8, 4) is 0 Å². The zero-order valence-electron chi connectivity index (χ0n) is 13.1. The number of carbonyl (C=O) groups excluding carboxylic acids is 1. The summed E-state index contributed by atoms with van der Waals surface area (Å²) >= 11 is 0. The van der Waals surface area contributed by atoms with Crippen molar-refractivity contribution in [3.63, 3.8) is 0 Å². The van der Waals surface area contributed by atoms with Crippen LogP contribution in [0.4, 0.5) is 4.79 Å². The highest BCUT2D eigenvalue weighted by molar-refractivity contribution is 5.67. The maximum atomic E-state index is 12.1. The van der Waals surface area contributed by atoms with Crippen LogP contribution < -0.4 is 5.32 Å². The van der Waals surface area contributed by atoms with Gasteiger partial charge in [0.15, 0.2) is 0 Å². The standard InChI is InChI=1S/C18H27NO2/c1-2-3-12-18(13-8-5-9-14-18)21-17(20)19-15-16-10-6-4-7-11-16/h4,6-7,10-11H,2-3,5,8-9,12-15H2,1H3,(H,19,20). The Kier molecular flexibility index (Phi) is 6.09. The third kappa shape index (κ3) is 5.07. The molecule has 0 unspecified atom stereocenters. The first kappa shape index (κ1) is 15.9. The first-order valence-electron chi connectivity index (χ1n) is 8.25. The highest BCUT2D eigenvalue weighted by Crippen LogP contribution is 2.36. The molecule has 0 bridgehead atoms. The van der Waals surface area contributed by atoms with E-state index in [1.165, 1.54) is 19.3 Å². The van der Waals surface area contributed by atoms with E-state index in [4.69, 9.17) is 4.74 Å². The largest absolute Gasteiger partial charge is 0.443 e. The van der Waals surface area contributed by atoms with E-state index in [2.05, 4.69) is 12.2 Å². The fourth-order valence-corrected chi connectivity index (χ4v) is 3.10. The number of alkyl carbamates (subject to hydrolysis) is 1. The van der Waals surface area contributed by atoms with Crippen LogP contribution in [0.25, 0.3) is 0 Å².